The molecule has 0 saturated carbocycles. The van der Waals surface area contributed by atoms with Crippen LogP contribution in [0, 0.1) is 0 Å². The number of carbonyl (C=O) groups excluding carboxylic acids is 2. The van der Waals surface area contributed by atoms with Crippen LogP contribution in [0.3, 0.4) is 0 Å². The molecule has 0 N–H and O–H groups in total. The summed E-state index contributed by atoms with van der Waals surface area (Å²) in [6.07, 6.45) is 0.963. The van der Waals surface area contributed by atoms with E-state index in [1.165, 1.54) is 0 Å². The maximum Gasteiger partial charge on any atom is 0.329 e. The Morgan fingerprint density at radius 1 is 0.783 bits per heavy atom. The minimum absolute atomic E-state index is 0.155. The summed E-state index contributed by atoms with van der Waals surface area (Å²) in [7, 11) is 0. The molecule has 118 valence electrons. The smallest absolute Gasteiger partial charge is 0.329 e. The van der Waals surface area contributed by atoms with Crippen molar-refractivity contribution in [1.29, 1.82) is 0 Å². The summed E-state index contributed by atoms with van der Waals surface area (Å²) in [5.41, 5.74) is -1.06. The first-order valence-corrected chi connectivity index (χ1v) is 8.01. The molecule has 0 atom stereocenters. The highest BCUT2D eigenvalue weighted by atomic mass is 16.6. The second kappa shape index (κ2) is 5.65. The molecular formula is C20H20O3. The van der Waals surface area contributed by atoms with Gasteiger partial charge in [0.15, 0.2) is 11.0 Å². The minimum atomic E-state index is -1.37. The number of carbonyl (C=O) groups is 2. The third kappa shape index (κ3) is 2.03. The summed E-state index contributed by atoms with van der Waals surface area (Å²) < 4.78 is 5.70. The van der Waals surface area contributed by atoms with Crippen molar-refractivity contribution in [2.75, 3.05) is 0 Å². The molecular weight excluding hydrogens is 288 g/mol. The Morgan fingerprint density at radius 2 is 1.22 bits per heavy atom. The highest BCUT2D eigenvalue weighted by Gasteiger charge is 2.64. The number of hydrogen-bond acceptors (Lipinski definition) is 3. The van der Waals surface area contributed by atoms with Crippen molar-refractivity contribution >= 4 is 11.8 Å². The van der Waals surface area contributed by atoms with Crippen LogP contribution >= 0.6 is 0 Å². The number of rotatable bonds is 4. The maximum absolute atomic E-state index is 13.5. The number of esters is 1. The molecule has 0 spiro atoms. The lowest BCUT2D eigenvalue weighted by Gasteiger charge is -2.27. The molecule has 0 amide bonds. The van der Waals surface area contributed by atoms with Crippen molar-refractivity contribution in [3.05, 3.63) is 71.8 Å². The molecule has 0 unspecified atom stereocenters. The van der Waals surface area contributed by atoms with E-state index in [0.717, 1.165) is 0 Å². The average Bonchev–Trinajstić information content (AvgIpc) is 2.84. The van der Waals surface area contributed by atoms with Crippen LogP contribution in [0.15, 0.2) is 60.7 Å². The Hall–Kier alpha value is -2.42. The molecule has 1 saturated heterocycles. The zero-order chi connectivity index (χ0) is 16.5. The number of ketones is 1. The molecule has 0 aliphatic carbocycles. The van der Waals surface area contributed by atoms with Crippen LogP contribution in [-0.4, -0.2) is 17.4 Å². The summed E-state index contributed by atoms with van der Waals surface area (Å²) in [5, 5.41) is 0. The molecule has 1 heterocycles. The molecule has 0 bridgehead atoms. The van der Waals surface area contributed by atoms with E-state index in [1.54, 1.807) is 0 Å². The quantitative estimate of drug-likeness (QED) is 0.639. The van der Waals surface area contributed by atoms with Crippen LogP contribution in [0.1, 0.15) is 37.8 Å². The van der Waals surface area contributed by atoms with Gasteiger partial charge < -0.3 is 4.74 Å². The maximum atomic E-state index is 13.5. The molecule has 3 rings (SSSR count). The van der Waals surface area contributed by atoms with Gasteiger partial charge >= 0.3 is 5.97 Å². The third-order valence-electron chi connectivity index (χ3n) is 4.90. The summed E-state index contributed by atoms with van der Waals surface area (Å²) in [4.78, 5) is 26.5. The average molecular weight is 308 g/mol. The highest BCUT2D eigenvalue weighted by Crippen LogP contribution is 2.47. The Bertz CT molecular complexity index is 676. The summed E-state index contributed by atoms with van der Waals surface area (Å²) in [6.45, 7) is 3.78. The minimum Gasteiger partial charge on any atom is -0.450 e. The van der Waals surface area contributed by atoms with Gasteiger partial charge in [0, 0.05) is 0 Å². The predicted molar refractivity (Wildman–Crippen MR) is 88.1 cm³/mol. The van der Waals surface area contributed by atoms with Crippen molar-refractivity contribution in [3.8, 4) is 0 Å². The van der Waals surface area contributed by atoms with E-state index in [2.05, 4.69) is 0 Å². The second-order valence-electron chi connectivity index (χ2n) is 5.90. The molecule has 0 radical (unpaired) electrons. The van der Waals surface area contributed by atoms with Crippen molar-refractivity contribution in [3.63, 3.8) is 0 Å². The van der Waals surface area contributed by atoms with Gasteiger partial charge in [-0.25, -0.2) is 0 Å². The largest absolute Gasteiger partial charge is 0.450 e. The molecule has 2 aromatic carbocycles. The van der Waals surface area contributed by atoms with Crippen LogP contribution in [0.25, 0.3) is 0 Å². The first-order valence-electron chi connectivity index (χ1n) is 8.01. The normalized spacial score (nSPS) is 18.7. The number of ether oxygens (including phenoxy) is 1. The molecule has 1 aliphatic heterocycles. The van der Waals surface area contributed by atoms with Crippen molar-refractivity contribution in [1.82, 2.24) is 0 Å². The van der Waals surface area contributed by atoms with E-state index in [-0.39, 0.29) is 5.78 Å². The fraction of sp³-hybridized carbons (Fsp3) is 0.300. The van der Waals surface area contributed by atoms with Gasteiger partial charge in [0.25, 0.3) is 0 Å². The zero-order valence-corrected chi connectivity index (χ0v) is 13.4. The van der Waals surface area contributed by atoms with E-state index in [4.69, 9.17) is 4.74 Å². The summed E-state index contributed by atoms with van der Waals surface area (Å²) in [6, 6.07) is 18.4. The first-order chi connectivity index (χ1) is 11.1. The zero-order valence-electron chi connectivity index (χ0n) is 13.4. The van der Waals surface area contributed by atoms with Crippen LogP contribution in [0.4, 0.5) is 0 Å². The molecule has 3 nitrogen and oxygen atoms in total. The monoisotopic (exact) mass is 308 g/mol. The first kappa shape index (κ1) is 15.5. The molecule has 1 aliphatic rings. The predicted octanol–water partition coefficient (Wildman–Crippen LogP) is 3.66. The van der Waals surface area contributed by atoms with Crippen LogP contribution in [0.2, 0.25) is 0 Å². The van der Waals surface area contributed by atoms with E-state index in [1.807, 2.05) is 74.5 Å². The van der Waals surface area contributed by atoms with E-state index in [0.29, 0.717) is 24.0 Å². The SMILES string of the molecule is CCC1(CC)OC(=O)C(c2ccccc2)(c2ccccc2)C1=O. The van der Waals surface area contributed by atoms with Gasteiger partial charge in [-0.3, -0.25) is 9.59 Å². The second-order valence-corrected chi connectivity index (χ2v) is 5.90. The highest BCUT2D eigenvalue weighted by molar-refractivity contribution is 6.20. The van der Waals surface area contributed by atoms with Crippen molar-refractivity contribution in [2.24, 2.45) is 0 Å². The lowest BCUT2D eigenvalue weighted by atomic mass is 9.68. The third-order valence-corrected chi connectivity index (χ3v) is 4.90. The van der Waals surface area contributed by atoms with E-state index >= 15 is 0 Å². The van der Waals surface area contributed by atoms with Crippen LogP contribution in [-0.2, 0) is 19.7 Å². The Labute approximate surface area is 136 Å². The molecule has 23 heavy (non-hydrogen) atoms. The van der Waals surface area contributed by atoms with Crippen molar-refractivity contribution < 1.29 is 14.3 Å². The standard InChI is InChI=1S/C20H20O3/c1-3-19(4-2)17(21)20(18(22)23-19,15-11-7-5-8-12-15)16-13-9-6-10-14-16/h5-14H,3-4H2,1-2H3. The Morgan fingerprint density at radius 3 is 1.57 bits per heavy atom. The van der Waals surface area contributed by atoms with E-state index < -0.39 is 17.0 Å². The van der Waals surface area contributed by atoms with Crippen molar-refractivity contribution in [2.45, 2.75) is 37.7 Å². The number of benzene rings is 2. The van der Waals surface area contributed by atoms with Crippen LogP contribution in [0.5, 0.6) is 0 Å². The summed E-state index contributed by atoms with van der Waals surface area (Å²) >= 11 is 0. The van der Waals surface area contributed by atoms with Gasteiger partial charge in [-0.1, -0.05) is 74.5 Å². The lowest BCUT2D eigenvalue weighted by Crippen LogP contribution is -2.45. The summed E-state index contributed by atoms with van der Waals surface area (Å²) in [5.74, 6) is -0.624. The number of Topliss-reactive ketones (excluding diaryl/α,β-unsaturated/α-hetero) is 1. The fourth-order valence-corrected chi connectivity index (χ4v) is 3.49. The van der Waals surface area contributed by atoms with Gasteiger partial charge in [-0.2, -0.15) is 0 Å². The van der Waals surface area contributed by atoms with Crippen LogP contribution < -0.4 is 0 Å². The van der Waals surface area contributed by atoms with Gasteiger partial charge in [0.1, 0.15) is 0 Å². The Kier molecular flexibility index (Phi) is 3.80. The number of cyclic esters (lactones) is 1. The number of hydrogen-bond donors (Lipinski definition) is 0. The fourth-order valence-electron chi connectivity index (χ4n) is 3.49. The molecule has 1 fully saturated rings. The van der Waals surface area contributed by atoms with Gasteiger partial charge in [0.2, 0.25) is 5.78 Å². The van der Waals surface area contributed by atoms with Gasteiger partial charge in [-0.05, 0) is 24.0 Å². The molecule has 3 heteroatoms. The Balaban J connectivity index is 2.31. The molecule has 2 aromatic rings. The lowest BCUT2D eigenvalue weighted by molar-refractivity contribution is -0.153. The van der Waals surface area contributed by atoms with Gasteiger partial charge in [0.05, 0.1) is 0 Å². The topological polar surface area (TPSA) is 43.4 Å². The molecule has 0 aromatic heterocycles. The van der Waals surface area contributed by atoms with Gasteiger partial charge in [-0.15, -0.1) is 0 Å². The van der Waals surface area contributed by atoms with E-state index in [9.17, 15) is 9.59 Å².